The first-order valence-electron chi connectivity index (χ1n) is 7.08. The second-order valence-corrected chi connectivity index (χ2v) is 5.42. The van der Waals surface area contributed by atoms with Gasteiger partial charge in [0, 0.05) is 16.7 Å². The molecule has 0 saturated heterocycles. The van der Waals surface area contributed by atoms with Gasteiger partial charge < -0.3 is 15.8 Å². The van der Waals surface area contributed by atoms with E-state index < -0.39 is 29.3 Å². The summed E-state index contributed by atoms with van der Waals surface area (Å²) in [4.78, 5) is 44.9. The number of ether oxygens (including phenoxy) is 1. The number of halogens is 1. The molecule has 0 aliphatic heterocycles. The van der Waals surface area contributed by atoms with Gasteiger partial charge in [-0.2, -0.15) is 0 Å². The van der Waals surface area contributed by atoms with Gasteiger partial charge in [-0.25, -0.2) is 4.79 Å². The molecular formula is C16H12ClN3O6. The highest BCUT2D eigenvalue weighted by Gasteiger charge is 2.17. The van der Waals surface area contributed by atoms with Gasteiger partial charge in [0.05, 0.1) is 10.5 Å². The fraction of sp³-hybridized carbons (Fsp3) is 0.0625. The van der Waals surface area contributed by atoms with Crippen molar-refractivity contribution in [2.24, 2.45) is 5.73 Å². The molecule has 26 heavy (non-hydrogen) atoms. The van der Waals surface area contributed by atoms with Crippen LogP contribution in [0.3, 0.4) is 0 Å². The van der Waals surface area contributed by atoms with Crippen LogP contribution in [0.5, 0.6) is 0 Å². The number of benzene rings is 2. The number of nitrogens with two attached hydrogens (primary N) is 1. The van der Waals surface area contributed by atoms with Crippen LogP contribution in [-0.4, -0.2) is 29.3 Å². The van der Waals surface area contributed by atoms with Crippen molar-refractivity contribution in [2.75, 3.05) is 11.9 Å². The lowest BCUT2D eigenvalue weighted by Gasteiger charge is -2.07. The van der Waals surface area contributed by atoms with Gasteiger partial charge in [0.1, 0.15) is 5.69 Å². The van der Waals surface area contributed by atoms with Crippen LogP contribution in [0.2, 0.25) is 5.02 Å². The number of primary amides is 1. The standard InChI is InChI=1S/C16H12ClN3O6/c17-11-5-6-12(13(7-11)20(24)25)19-14(21)8-26-16(23)10-3-1-9(2-4-10)15(18)22/h1-7H,8H2,(H2,18,22)(H,19,21). The number of nitro groups is 1. The maximum atomic E-state index is 11.9. The first-order valence-corrected chi connectivity index (χ1v) is 7.46. The summed E-state index contributed by atoms with van der Waals surface area (Å²) in [5.74, 6) is -2.21. The maximum absolute atomic E-state index is 11.9. The van der Waals surface area contributed by atoms with Crippen molar-refractivity contribution in [3.63, 3.8) is 0 Å². The molecule has 0 bridgehead atoms. The van der Waals surface area contributed by atoms with Crippen LogP contribution >= 0.6 is 11.6 Å². The number of carbonyl (C=O) groups excluding carboxylic acids is 3. The third kappa shape index (κ3) is 4.77. The van der Waals surface area contributed by atoms with E-state index in [1.165, 1.54) is 36.4 Å². The zero-order valence-corrected chi connectivity index (χ0v) is 13.9. The predicted molar refractivity (Wildman–Crippen MR) is 92.0 cm³/mol. The number of hydrogen-bond donors (Lipinski definition) is 2. The predicted octanol–water partition coefficient (Wildman–Crippen LogP) is 2.14. The second kappa shape index (κ2) is 8.08. The van der Waals surface area contributed by atoms with Crippen LogP contribution in [0.15, 0.2) is 42.5 Å². The summed E-state index contributed by atoms with van der Waals surface area (Å²) in [6.07, 6.45) is 0. The second-order valence-electron chi connectivity index (χ2n) is 4.98. The van der Waals surface area contributed by atoms with Crippen LogP contribution < -0.4 is 11.1 Å². The summed E-state index contributed by atoms with van der Waals surface area (Å²) >= 11 is 5.68. The van der Waals surface area contributed by atoms with Crippen LogP contribution in [0.1, 0.15) is 20.7 Å². The van der Waals surface area contributed by atoms with E-state index in [4.69, 9.17) is 22.1 Å². The fourth-order valence-electron chi connectivity index (χ4n) is 1.93. The quantitative estimate of drug-likeness (QED) is 0.448. The minimum Gasteiger partial charge on any atom is -0.452 e. The number of nitrogens with zero attached hydrogens (tertiary/aromatic N) is 1. The molecule has 0 aliphatic carbocycles. The Morgan fingerprint density at radius 3 is 2.31 bits per heavy atom. The number of nitrogens with one attached hydrogen (secondary N) is 1. The molecule has 2 rings (SSSR count). The summed E-state index contributed by atoms with van der Waals surface area (Å²) in [5.41, 5.74) is 4.95. The Balaban J connectivity index is 1.97. The largest absolute Gasteiger partial charge is 0.452 e. The highest BCUT2D eigenvalue weighted by Crippen LogP contribution is 2.27. The number of carbonyl (C=O) groups is 3. The topological polar surface area (TPSA) is 142 Å². The van der Waals surface area contributed by atoms with Gasteiger partial charge in [0.15, 0.2) is 6.61 Å². The minimum absolute atomic E-state index is 0.0775. The van der Waals surface area contributed by atoms with E-state index in [-0.39, 0.29) is 27.5 Å². The molecule has 2 amide bonds. The summed E-state index contributed by atoms with van der Waals surface area (Å²) < 4.78 is 4.82. The molecule has 2 aromatic carbocycles. The van der Waals surface area contributed by atoms with Crippen molar-refractivity contribution >= 4 is 40.8 Å². The Labute approximate surface area is 151 Å². The number of amides is 2. The molecule has 9 nitrogen and oxygen atoms in total. The van der Waals surface area contributed by atoms with Crippen molar-refractivity contribution in [3.05, 3.63) is 68.7 Å². The lowest BCUT2D eigenvalue weighted by molar-refractivity contribution is -0.383. The summed E-state index contributed by atoms with van der Waals surface area (Å²) in [7, 11) is 0. The summed E-state index contributed by atoms with van der Waals surface area (Å²) in [6.45, 7) is -0.657. The van der Waals surface area contributed by atoms with Gasteiger partial charge >= 0.3 is 5.97 Å². The van der Waals surface area contributed by atoms with E-state index in [0.717, 1.165) is 6.07 Å². The van der Waals surface area contributed by atoms with E-state index in [1.807, 2.05) is 0 Å². The van der Waals surface area contributed by atoms with Gasteiger partial charge in [0.25, 0.3) is 11.6 Å². The molecule has 0 aromatic heterocycles. The third-order valence-electron chi connectivity index (χ3n) is 3.17. The lowest BCUT2D eigenvalue weighted by Crippen LogP contribution is -2.21. The molecule has 0 fully saturated rings. The average Bonchev–Trinajstić information content (AvgIpc) is 2.61. The van der Waals surface area contributed by atoms with E-state index >= 15 is 0 Å². The number of nitro benzene ring substituents is 1. The molecule has 0 spiro atoms. The van der Waals surface area contributed by atoms with Crippen LogP contribution in [0.25, 0.3) is 0 Å². The van der Waals surface area contributed by atoms with Crippen LogP contribution in [-0.2, 0) is 9.53 Å². The SMILES string of the molecule is NC(=O)c1ccc(C(=O)OCC(=O)Nc2ccc(Cl)cc2[N+](=O)[O-])cc1. The molecule has 134 valence electrons. The van der Waals surface area contributed by atoms with Gasteiger partial charge in [-0.05, 0) is 36.4 Å². The Morgan fingerprint density at radius 1 is 1.12 bits per heavy atom. The fourth-order valence-corrected chi connectivity index (χ4v) is 2.10. The Morgan fingerprint density at radius 2 is 1.73 bits per heavy atom. The number of rotatable bonds is 6. The van der Waals surface area contributed by atoms with E-state index in [0.29, 0.717) is 0 Å². The molecule has 10 heteroatoms. The Kier molecular flexibility index (Phi) is 5.86. The summed E-state index contributed by atoms with van der Waals surface area (Å²) in [5, 5.41) is 13.4. The zero-order chi connectivity index (χ0) is 19.3. The van der Waals surface area contributed by atoms with E-state index in [1.54, 1.807) is 0 Å². The molecule has 2 aromatic rings. The molecular weight excluding hydrogens is 366 g/mol. The van der Waals surface area contributed by atoms with E-state index in [2.05, 4.69) is 5.32 Å². The summed E-state index contributed by atoms with van der Waals surface area (Å²) in [6, 6.07) is 9.06. The van der Waals surface area contributed by atoms with Crippen LogP contribution in [0.4, 0.5) is 11.4 Å². The van der Waals surface area contributed by atoms with Crippen molar-refractivity contribution < 1.29 is 24.0 Å². The van der Waals surface area contributed by atoms with Crippen molar-refractivity contribution in [1.29, 1.82) is 0 Å². The molecule has 0 radical (unpaired) electrons. The van der Waals surface area contributed by atoms with Crippen LogP contribution in [0, 0.1) is 10.1 Å². The van der Waals surface area contributed by atoms with Gasteiger partial charge in [-0.3, -0.25) is 19.7 Å². The number of esters is 1. The number of anilines is 1. The van der Waals surface area contributed by atoms with Gasteiger partial charge in [0.2, 0.25) is 5.91 Å². The smallest absolute Gasteiger partial charge is 0.338 e. The molecule has 0 heterocycles. The van der Waals surface area contributed by atoms with Crippen molar-refractivity contribution in [3.8, 4) is 0 Å². The maximum Gasteiger partial charge on any atom is 0.338 e. The highest BCUT2D eigenvalue weighted by atomic mass is 35.5. The Bertz CT molecular complexity index is 882. The molecule has 0 unspecified atom stereocenters. The first kappa shape index (κ1) is 18.9. The molecule has 0 saturated carbocycles. The third-order valence-corrected chi connectivity index (χ3v) is 3.41. The zero-order valence-electron chi connectivity index (χ0n) is 13.1. The minimum atomic E-state index is -0.804. The van der Waals surface area contributed by atoms with Crippen molar-refractivity contribution in [1.82, 2.24) is 0 Å². The Hall–Kier alpha value is -3.46. The normalized spacial score (nSPS) is 10.0. The molecule has 0 aliphatic rings. The molecule has 0 atom stereocenters. The van der Waals surface area contributed by atoms with Gasteiger partial charge in [-0.1, -0.05) is 11.6 Å². The number of hydrogen-bond acceptors (Lipinski definition) is 6. The lowest BCUT2D eigenvalue weighted by atomic mass is 10.1. The van der Waals surface area contributed by atoms with E-state index in [9.17, 15) is 24.5 Å². The molecule has 3 N–H and O–H groups in total. The van der Waals surface area contributed by atoms with Crippen molar-refractivity contribution in [2.45, 2.75) is 0 Å². The van der Waals surface area contributed by atoms with Gasteiger partial charge in [-0.15, -0.1) is 0 Å². The monoisotopic (exact) mass is 377 g/mol. The first-order chi connectivity index (χ1) is 12.3. The average molecular weight is 378 g/mol. The highest BCUT2D eigenvalue weighted by molar-refractivity contribution is 6.31.